The van der Waals surface area contributed by atoms with E-state index in [0.717, 1.165) is 5.56 Å². The Bertz CT molecular complexity index is 912. The first kappa shape index (κ1) is 20.3. The summed E-state index contributed by atoms with van der Waals surface area (Å²) in [6, 6.07) is 12.7. The first-order valence-electron chi connectivity index (χ1n) is 8.09. The SMILES string of the molecule is C=CCOc1c(Br)cc(/C=C(/C#N)C(=O)Nc2ccc(C)cc2)cc1OC. The van der Waals surface area contributed by atoms with Gasteiger partial charge in [-0.2, -0.15) is 5.26 Å². The molecule has 2 aromatic carbocycles. The van der Waals surface area contributed by atoms with Crippen molar-refractivity contribution in [2.75, 3.05) is 19.0 Å². The minimum absolute atomic E-state index is 0.0238. The number of aryl methyl sites for hydroxylation is 1. The number of nitriles is 1. The third kappa shape index (κ3) is 5.47. The van der Waals surface area contributed by atoms with E-state index in [1.807, 2.05) is 25.1 Å². The molecule has 0 aliphatic rings. The quantitative estimate of drug-likeness (QED) is 0.389. The zero-order valence-electron chi connectivity index (χ0n) is 15.1. The third-order valence-corrected chi connectivity index (χ3v) is 4.17. The Kier molecular flexibility index (Phi) is 7.21. The van der Waals surface area contributed by atoms with Gasteiger partial charge in [0.25, 0.3) is 5.91 Å². The van der Waals surface area contributed by atoms with Crippen LogP contribution >= 0.6 is 15.9 Å². The fourth-order valence-corrected chi connectivity index (χ4v) is 2.83. The van der Waals surface area contributed by atoms with Crippen LogP contribution < -0.4 is 14.8 Å². The van der Waals surface area contributed by atoms with Gasteiger partial charge in [0, 0.05) is 5.69 Å². The molecule has 0 radical (unpaired) electrons. The van der Waals surface area contributed by atoms with Crippen molar-refractivity contribution >= 4 is 33.6 Å². The van der Waals surface area contributed by atoms with E-state index in [2.05, 4.69) is 27.8 Å². The van der Waals surface area contributed by atoms with Gasteiger partial charge in [0.15, 0.2) is 11.5 Å². The van der Waals surface area contributed by atoms with Gasteiger partial charge in [0.1, 0.15) is 18.2 Å². The van der Waals surface area contributed by atoms with Crippen LogP contribution in [0.5, 0.6) is 11.5 Å². The Hall–Kier alpha value is -3.04. The number of carbonyl (C=O) groups is 1. The molecular formula is C21H19BrN2O3. The number of carbonyl (C=O) groups excluding carboxylic acids is 1. The number of hydrogen-bond acceptors (Lipinski definition) is 4. The number of nitrogens with zero attached hydrogens (tertiary/aromatic N) is 1. The van der Waals surface area contributed by atoms with E-state index in [1.165, 1.54) is 13.2 Å². The van der Waals surface area contributed by atoms with Crippen LogP contribution in [0.3, 0.4) is 0 Å². The Morgan fingerprint density at radius 1 is 1.33 bits per heavy atom. The first-order valence-corrected chi connectivity index (χ1v) is 8.88. The van der Waals surface area contributed by atoms with Gasteiger partial charge in [-0.25, -0.2) is 0 Å². The van der Waals surface area contributed by atoms with Crippen LogP contribution in [0.25, 0.3) is 6.08 Å². The zero-order chi connectivity index (χ0) is 19.8. The molecule has 138 valence electrons. The Balaban J connectivity index is 2.29. The molecule has 6 heteroatoms. The Morgan fingerprint density at radius 2 is 2.04 bits per heavy atom. The van der Waals surface area contributed by atoms with Gasteiger partial charge in [-0.05, 0) is 58.8 Å². The lowest BCUT2D eigenvalue weighted by molar-refractivity contribution is -0.112. The number of ether oxygens (including phenoxy) is 2. The minimum atomic E-state index is -0.483. The van der Waals surface area contributed by atoms with Crippen molar-refractivity contribution in [3.05, 3.63) is 70.2 Å². The van der Waals surface area contributed by atoms with Gasteiger partial charge in [-0.3, -0.25) is 4.79 Å². The molecule has 5 nitrogen and oxygen atoms in total. The van der Waals surface area contributed by atoms with Gasteiger partial charge in [0.05, 0.1) is 11.6 Å². The van der Waals surface area contributed by atoms with Gasteiger partial charge >= 0.3 is 0 Å². The predicted octanol–water partition coefficient (Wildman–Crippen LogP) is 4.88. The molecule has 0 heterocycles. The summed E-state index contributed by atoms with van der Waals surface area (Å²) in [6.45, 7) is 5.90. The number of amides is 1. The van der Waals surface area contributed by atoms with Gasteiger partial charge < -0.3 is 14.8 Å². The lowest BCUT2D eigenvalue weighted by Crippen LogP contribution is -2.13. The van der Waals surface area contributed by atoms with Crippen molar-refractivity contribution in [3.8, 4) is 17.6 Å². The third-order valence-electron chi connectivity index (χ3n) is 3.58. The molecule has 2 rings (SSSR count). The fraction of sp³-hybridized carbons (Fsp3) is 0.143. The van der Waals surface area contributed by atoms with E-state index >= 15 is 0 Å². The highest BCUT2D eigenvalue weighted by atomic mass is 79.9. The molecule has 0 saturated heterocycles. The molecule has 0 aliphatic heterocycles. The van der Waals surface area contributed by atoms with Crippen LogP contribution in [0, 0.1) is 18.3 Å². The van der Waals surface area contributed by atoms with Crippen LogP contribution in [-0.2, 0) is 4.79 Å². The molecule has 0 bridgehead atoms. The molecule has 2 aromatic rings. The van der Waals surface area contributed by atoms with E-state index in [4.69, 9.17) is 9.47 Å². The smallest absolute Gasteiger partial charge is 0.266 e. The van der Waals surface area contributed by atoms with Crippen LogP contribution in [0.2, 0.25) is 0 Å². The number of nitrogens with one attached hydrogen (secondary N) is 1. The second-order valence-electron chi connectivity index (χ2n) is 5.62. The zero-order valence-corrected chi connectivity index (χ0v) is 16.7. The average Bonchev–Trinajstić information content (AvgIpc) is 2.66. The van der Waals surface area contributed by atoms with Crippen LogP contribution in [0.4, 0.5) is 5.69 Å². The topological polar surface area (TPSA) is 71.3 Å². The molecule has 0 fully saturated rings. The van der Waals surface area contributed by atoms with Crippen LogP contribution in [0.1, 0.15) is 11.1 Å². The highest BCUT2D eigenvalue weighted by Gasteiger charge is 2.14. The maximum atomic E-state index is 12.4. The van der Waals surface area contributed by atoms with Gasteiger partial charge in [-0.15, -0.1) is 0 Å². The monoisotopic (exact) mass is 426 g/mol. The lowest BCUT2D eigenvalue weighted by Gasteiger charge is -2.12. The van der Waals surface area contributed by atoms with Crippen LogP contribution in [-0.4, -0.2) is 19.6 Å². The highest BCUT2D eigenvalue weighted by Crippen LogP contribution is 2.37. The second-order valence-corrected chi connectivity index (χ2v) is 6.48. The number of methoxy groups -OCH3 is 1. The maximum Gasteiger partial charge on any atom is 0.266 e. The molecule has 27 heavy (non-hydrogen) atoms. The number of hydrogen-bond donors (Lipinski definition) is 1. The van der Waals surface area contributed by atoms with Crippen molar-refractivity contribution in [2.45, 2.75) is 6.92 Å². The summed E-state index contributed by atoms with van der Waals surface area (Å²) in [7, 11) is 1.52. The number of benzene rings is 2. The predicted molar refractivity (Wildman–Crippen MR) is 110 cm³/mol. The largest absolute Gasteiger partial charge is 0.493 e. The van der Waals surface area contributed by atoms with E-state index in [0.29, 0.717) is 33.8 Å². The van der Waals surface area contributed by atoms with Gasteiger partial charge in [0.2, 0.25) is 0 Å². The Labute approximate surface area is 167 Å². The number of anilines is 1. The molecule has 1 N–H and O–H groups in total. The van der Waals surface area contributed by atoms with E-state index in [9.17, 15) is 10.1 Å². The summed E-state index contributed by atoms with van der Waals surface area (Å²) in [6.07, 6.45) is 3.12. The summed E-state index contributed by atoms with van der Waals surface area (Å²) in [5.74, 6) is 0.522. The summed E-state index contributed by atoms with van der Waals surface area (Å²) in [5.41, 5.74) is 2.31. The van der Waals surface area contributed by atoms with Crippen molar-refractivity contribution in [1.82, 2.24) is 0 Å². The molecule has 0 spiro atoms. The fourth-order valence-electron chi connectivity index (χ4n) is 2.26. The first-order chi connectivity index (χ1) is 13.0. The summed E-state index contributed by atoms with van der Waals surface area (Å²) in [5, 5.41) is 12.1. The molecule has 0 aromatic heterocycles. The standard InChI is InChI=1S/C21H19BrN2O3/c1-4-9-27-20-18(22)11-15(12-19(20)26-3)10-16(13-23)21(25)24-17-7-5-14(2)6-8-17/h4-8,10-12H,1,9H2,2-3H3,(H,24,25)/b16-10-. The van der Waals surface area contributed by atoms with Crippen molar-refractivity contribution in [3.63, 3.8) is 0 Å². The lowest BCUT2D eigenvalue weighted by atomic mass is 10.1. The molecule has 0 atom stereocenters. The normalized spacial score (nSPS) is 10.7. The minimum Gasteiger partial charge on any atom is -0.493 e. The summed E-state index contributed by atoms with van der Waals surface area (Å²) >= 11 is 3.43. The summed E-state index contributed by atoms with van der Waals surface area (Å²) in [4.78, 5) is 12.4. The second kappa shape index (κ2) is 9.60. The Morgan fingerprint density at radius 3 is 2.63 bits per heavy atom. The van der Waals surface area contributed by atoms with Crippen molar-refractivity contribution in [1.29, 1.82) is 5.26 Å². The van der Waals surface area contributed by atoms with Crippen LogP contribution in [0.15, 0.2) is 59.1 Å². The van der Waals surface area contributed by atoms with Gasteiger partial charge in [-0.1, -0.05) is 30.4 Å². The molecule has 0 saturated carbocycles. The molecular weight excluding hydrogens is 408 g/mol. The van der Waals surface area contributed by atoms with E-state index in [1.54, 1.807) is 30.3 Å². The molecule has 1 amide bonds. The van der Waals surface area contributed by atoms with E-state index < -0.39 is 5.91 Å². The van der Waals surface area contributed by atoms with E-state index in [-0.39, 0.29) is 5.57 Å². The highest BCUT2D eigenvalue weighted by molar-refractivity contribution is 9.10. The van der Waals surface area contributed by atoms with Crippen molar-refractivity contribution in [2.24, 2.45) is 0 Å². The number of rotatable bonds is 7. The summed E-state index contributed by atoms with van der Waals surface area (Å²) < 4.78 is 11.6. The number of halogens is 1. The average molecular weight is 427 g/mol. The molecule has 0 unspecified atom stereocenters. The maximum absolute atomic E-state index is 12.4. The molecule has 0 aliphatic carbocycles. The van der Waals surface area contributed by atoms with Crippen molar-refractivity contribution < 1.29 is 14.3 Å².